The summed E-state index contributed by atoms with van der Waals surface area (Å²) in [5.41, 5.74) is -1.46. The summed E-state index contributed by atoms with van der Waals surface area (Å²) in [4.78, 5) is 22.8. The monoisotopic (exact) mass is 617 g/mol. The number of nitrogens with zero attached hydrogens (tertiary/aromatic N) is 4. The second-order valence-corrected chi connectivity index (χ2v) is 12.8. The van der Waals surface area contributed by atoms with E-state index < -0.39 is 23.1 Å². The minimum atomic E-state index is -1.17. The lowest BCUT2D eigenvalue weighted by Gasteiger charge is -2.29. The summed E-state index contributed by atoms with van der Waals surface area (Å²) in [5.74, 6) is -0.437. The molecule has 2 aromatic carbocycles. The quantitative estimate of drug-likeness (QED) is 0.242. The number of β-amino-alcohol motifs (C(OH)–C–C–N with tert-alkyl or cyclic N) is 1. The molecule has 2 aromatic heterocycles. The van der Waals surface area contributed by atoms with Crippen LogP contribution in [0.3, 0.4) is 0 Å². The van der Waals surface area contributed by atoms with Crippen molar-refractivity contribution in [1.29, 1.82) is 5.26 Å². The molecule has 1 atom stereocenters. The number of fused-ring (bicyclic) bond motifs is 2. The van der Waals surface area contributed by atoms with Crippen LogP contribution < -0.4 is 10.2 Å². The molecular formula is C28H26Cl2FN5O4S. The normalized spacial score (nSPS) is 17.9. The van der Waals surface area contributed by atoms with E-state index in [9.17, 15) is 15.2 Å². The number of nitriles is 1. The number of aromatic nitrogens is 2. The highest BCUT2D eigenvalue weighted by Gasteiger charge is 2.31. The number of rotatable bonds is 3. The summed E-state index contributed by atoms with van der Waals surface area (Å²) in [6.45, 7) is 7.85. The molecule has 41 heavy (non-hydrogen) atoms. The van der Waals surface area contributed by atoms with E-state index in [4.69, 9.17) is 32.7 Å². The molecule has 1 aliphatic heterocycles. The fourth-order valence-electron chi connectivity index (χ4n) is 4.77. The number of thiophene rings is 1. The Morgan fingerprint density at radius 1 is 1.34 bits per heavy atom. The zero-order valence-corrected chi connectivity index (χ0v) is 25.0. The third-order valence-electron chi connectivity index (χ3n) is 6.30. The van der Waals surface area contributed by atoms with Gasteiger partial charge in [0.1, 0.15) is 33.6 Å². The predicted octanol–water partition coefficient (Wildman–Crippen LogP) is 6.76. The number of anilines is 2. The van der Waals surface area contributed by atoms with Gasteiger partial charge >= 0.3 is 6.09 Å². The summed E-state index contributed by atoms with van der Waals surface area (Å²) < 4.78 is 27.9. The van der Waals surface area contributed by atoms with Gasteiger partial charge in [0.15, 0.2) is 5.82 Å². The molecule has 1 unspecified atom stereocenters. The van der Waals surface area contributed by atoms with Crippen LogP contribution >= 0.6 is 34.5 Å². The van der Waals surface area contributed by atoms with E-state index in [0.29, 0.717) is 40.0 Å². The molecule has 0 saturated carbocycles. The largest absolute Gasteiger partial charge is 0.444 e. The topological polar surface area (TPSA) is 121 Å². The molecule has 0 spiro atoms. The smallest absolute Gasteiger partial charge is 0.412 e. The first-order chi connectivity index (χ1) is 19.3. The first-order valence-electron chi connectivity index (χ1n) is 12.6. The standard InChI is InChI=1S/C28H26Cl2FN5O4S/c1-27(2,3)40-26(37)35-24-16(11-32)19-14(6-5-7-18(19)41-24)20-17(29)10-15-22(21(20)31)33-25(30)34-23(15)36-8-9-39-13-28(4,38)12-36/h5-7,10,38H,8-9,12-13H2,1-4H3,(H,35,37). The number of ether oxygens (including phenoxy) is 2. The Morgan fingerprint density at radius 3 is 2.80 bits per heavy atom. The van der Waals surface area contributed by atoms with Crippen LogP contribution in [-0.2, 0) is 9.47 Å². The number of benzene rings is 2. The van der Waals surface area contributed by atoms with Crippen molar-refractivity contribution < 1.29 is 23.8 Å². The molecule has 9 nitrogen and oxygen atoms in total. The average molecular weight is 619 g/mol. The summed E-state index contributed by atoms with van der Waals surface area (Å²) in [5, 5.41) is 24.3. The molecule has 1 aliphatic rings. The maximum absolute atomic E-state index is 16.4. The van der Waals surface area contributed by atoms with Crippen molar-refractivity contribution >= 4 is 72.4 Å². The average Bonchev–Trinajstić information content (AvgIpc) is 3.11. The van der Waals surface area contributed by atoms with E-state index in [2.05, 4.69) is 21.4 Å². The molecule has 1 fully saturated rings. The highest BCUT2D eigenvalue weighted by Crippen LogP contribution is 2.45. The Labute approximate surface area is 249 Å². The molecule has 5 rings (SSSR count). The number of nitrogens with one attached hydrogen (secondary N) is 1. The van der Waals surface area contributed by atoms with Gasteiger partial charge in [0.05, 0.1) is 30.3 Å². The van der Waals surface area contributed by atoms with Gasteiger partial charge in [0.25, 0.3) is 0 Å². The van der Waals surface area contributed by atoms with E-state index in [1.54, 1.807) is 56.9 Å². The summed E-state index contributed by atoms with van der Waals surface area (Å²) >= 11 is 14.2. The van der Waals surface area contributed by atoms with Crippen molar-refractivity contribution in [2.45, 2.75) is 38.9 Å². The van der Waals surface area contributed by atoms with Gasteiger partial charge in [-0.2, -0.15) is 10.2 Å². The Kier molecular flexibility index (Phi) is 7.74. The van der Waals surface area contributed by atoms with Crippen LogP contribution in [0.4, 0.5) is 20.0 Å². The van der Waals surface area contributed by atoms with Gasteiger partial charge < -0.3 is 19.5 Å². The molecule has 0 radical (unpaired) electrons. The molecule has 1 amide bonds. The molecule has 4 aromatic rings. The minimum Gasteiger partial charge on any atom is -0.444 e. The van der Waals surface area contributed by atoms with Gasteiger partial charge in [-0.05, 0) is 57.0 Å². The predicted molar refractivity (Wildman–Crippen MR) is 159 cm³/mol. The van der Waals surface area contributed by atoms with Gasteiger partial charge in [-0.1, -0.05) is 23.7 Å². The van der Waals surface area contributed by atoms with Crippen LogP contribution in [-0.4, -0.2) is 58.7 Å². The highest BCUT2D eigenvalue weighted by molar-refractivity contribution is 7.23. The zero-order valence-electron chi connectivity index (χ0n) is 22.6. The molecule has 3 heterocycles. The van der Waals surface area contributed by atoms with Crippen molar-refractivity contribution in [1.82, 2.24) is 9.97 Å². The van der Waals surface area contributed by atoms with Crippen LogP contribution in [0.2, 0.25) is 10.3 Å². The first-order valence-corrected chi connectivity index (χ1v) is 14.2. The minimum absolute atomic E-state index is 0.0230. The number of carbonyl (C=O) groups is 1. The number of hydrogen-bond donors (Lipinski definition) is 2. The van der Waals surface area contributed by atoms with E-state index in [1.807, 2.05) is 0 Å². The molecular weight excluding hydrogens is 592 g/mol. The van der Waals surface area contributed by atoms with E-state index >= 15 is 4.39 Å². The van der Waals surface area contributed by atoms with Crippen molar-refractivity contribution in [3.05, 3.63) is 46.0 Å². The SMILES string of the molecule is CC1(O)COCCN(c2nc(Cl)nc3c(F)c(-c4cccc5sc(NC(=O)OC(C)(C)C)c(C#N)c45)c(Cl)cc23)C1. The molecule has 214 valence electrons. The molecule has 0 aliphatic carbocycles. The maximum Gasteiger partial charge on any atom is 0.412 e. The Hall–Kier alpha value is -3.27. The first kappa shape index (κ1) is 29.2. The maximum atomic E-state index is 16.4. The van der Waals surface area contributed by atoms with E-state index in [-0.39, 0.29) is 45.1 Å². The van der Waals surface area contributed by atoms with Crippen LogP contribution in [0.15, 0.2) is 24.3 Å². The molecule has 2 N–H and O–H groups in total. The Balaban J connectivity index is 1.68. The van der Waals surface area contributed by atoms with Gasteiger partial charge in [-0.25, -0.2) is 14.2 Å². The number of amides is 1. The third-order valence-corrected chi connectivity index (χ3v) is 7.83. The highest BCUT2D eigenvalue weighted by atomic mass is 35.5. The van der Waals surface area contributed by atoms with E-state index in [0.717, 1.165) is 11.3 Å². The van der Waals surface area contributed by atoms with Gasteiger partial charge in [-0.3, -0.25) is 5.32 Å². The van der Waals surface area contributed by atoms with Crippen molar-refractivity contribution in [2.75, 3.05) is 36.5 Å². The number of carbonyl (C=O) groups excluding carboxylic acids is 1. The van der Waals surface area contributed by atoms with Crippen LogP contribution in [0.25, 0.3) is 32.1 Å². The molecule has 0 bridgehead atoms. The summed E-state index contributed by atoms with van der Waals surface area (Å²) in [7, 11) is 0. The van der Waals surface area contributed by atoms with Crippen LogP contribution in [0.1, 0.15) is 33.3 Å². The van der Waals surface area contributed by atoms with Crippen molar-refractivity contribution in [3.8, 4) is 17.2 Å². The second-order valence-electron chi connectivity index (χ2n) is 11.0. The number of hydrogen-bond acceptors (Lipinski definition) is 9. The van der Waals surface area contributed by atoms with Gasteiger partial charge in [0, 0.05) is 27.6 Å². The lowest BCUT2D eigenvalue weighted by Crippen LogP contribution is -2.42. The fourth-order valence-corrected chi connectivity index (χ4v) is 6.30. The number of aliphatic hydroxyl groups is 1. The van der Waals surface area contributed by atoms with Crippen molar-refractivity contribution in [2.24, 2.45) is 0 Å². The van der Waals surface area contributed by atoms with Crippen molar-refractivity contribution in [3.63, 3.8) is 0 Å². The summed E-state index contributed by atoms with van der Waals surface area (Å²) in [6.07, 6.45) is -0.714. The lowest BCUT2D eigenvalue weighted by molar-refractivity contribution is -0.0123. The second kappa shape index (κ2) is 10.9. The van der Waals surface area contributed by atoms with Gasteiger partial charge in [0.2, 0.25) is 5.28 Å². The Morgan fingerprint density at radius 2 is 2.10 bits per heavy atom. The summed E-state index contributed by atoms with van der Waals surface area (Å²) in [6, 6.07) is 8.82. The van der Waals surface area contributed by atoms with Crippen LogP contribution in [0, 0.1) is 17.1 Å². The lowest BCUT2D eigenvalue weighted by atomic mass is 9.97. The zero-order chi connectivity index (χ0) is 29.7. The molecule has 13 heteroatoms. The number of halogens is 3. The van der Waals surface area contributed by atoms with Gasteiger partial charge in [-0.15, -0.1) is 11.3 Å². The fraction of sp³-hybridized carbons (Fsp3) is 0.357. The third kappa shape index (κ3) is 5.89. The molecule has 1 saturated heterocycles. The van der Waals surface area contributed by atoms with Crippen LogP contribution in [0.5, 0.6) is 0 Å². The van der Waals surface area contributed by atoms with E-state index in [1.165, 1.54) is 0 Å². The Bertz CT molecular complexity index is 1730.